The minimum Gasteiger partial charge on any atom is -0.360 e. The van der Waals surface area contributed by atoms with E-state index in [1.807, 2.05) is 49.5 Å². The van der Waals surface area contributed by atoms with Crippen LogP contribution >= 0.6 is 0 Å². The lowest BCUT2D eigenvalue weighted by atomic mass is 9.98. The molecule has 0 N–H and O–H groups in total. The van der Waals surface area contributed by atoms with E-state index < -0.39 is 0 Å². The number of hydrogen-bond donors (Lipinski definition) is 0. The summed E-state index contributed by atoms with van der Waals surface area (Å²) in [4.78, 5) is 4.28. The molecule has 0 fully saturated rings. The van der Waals surface area contributed by atoms with Crippen molar-refractivity contribution >= 4 is 0 Å². The minimum absolute atomic E-state index is 0.708. The summed E-state index contributed by atoms with van der Waals surface area (Å²) in [5, 5.41) is 13.5. The molecule has 0 saturated heterocycles. The molecule has 6 rings (SSSR count). The van der Waals surface area contributed by atoms with E-state index in [9.17, 15) is 0 Å². The number of nitrogens with zero attached hydrogens (tertiary/aromatic N) is 5. The number of rotatable bonds is 3. The molecular formula is C24H17N5O. The van der Waals surface area contributed by atoms with Crippen LogP contribution in [-0.4, -0.2) is 24.9 Å². The fourth-order valence-corrected chi connectivity index (χ4v) is 4.18. The van der Waals surface area contributed by atoms with Crippen molar-refractivity contribution in [2.75, 3.05) is 0 Å². The van der Waals surface area contributed by atoms with Gasteiger partial charge in [-0.3, -0.25) is 4.98 Å². The van der Waals surface area contributed by atoms with Gasteiger partial charge in [-0.15, -0.1) is 10.2 Å². The Kier molecular flexibility index (Phi) is 3.64. The first-order valence-electron chi connectivity index (χ1n) is 9.79. The molecule has 0 bridgehead atoms. The molecule has 144 valence electrons. The first kappa shape index (κ1) is 16.9. The zero-order valence-electron chi connectivity index (χ0n) is 16.3. The van der Waals surface area contributed by atoms with Crippen LogP contribution in [0, 0.1) is 6.92 Å². The van der Waals surface area contributed by atoms with Crippen LogP contribution in [0.1, 0.15) is 11.3 Å². The van der Waals surface area contributed by atoms with Crippen molar-refractivity contribution in [1.29, 1.82) is 0 Å². The molecule has 0 unspecified atom stereocenters. The second-order valence-electron chi connectivity index (χ2n) is 7.34. The highest BCUT2D eigenvalue weighted by Crippen LogP contribution is 2.42. The molecule has 0 atom stereocenters. The Morgan fingerprint density at radius 2 is 1.63 bits per heavy atom. The van der Waals surface area contributed by atoms with Gasteiger partial charge < -0.3 is 9.09 Å². The summed E-state index contributed by atoms with van der Waals surface area (Å²) in [6.45, 7) is 2.62. The number of benzene rings is 2. The summed E-state index contributed by atoms with van der Waals surface area (Å²) >= 11 is 0. The van der Waals surface area contributed by atoms with Gasteiger partial charge >= 0.3 is 0 Å². The Labute approximate surface area is 172 Å². The van der Waals surface area contributed by atoms with E-state index in [-0.39, 0.29) is 0 Å². The normalized spacial score (nSPS) is 12.0. The molecule has 3 aromatic heterocycles. The van der Waals surface area contributed by atoms with Gasteiger partial charge in [-0.25, -0.2) is 0 Å². The summed E-state index contributed by atoms with van der Waals surface area (Å²) in [5.74, 6) is 2.36. The maximum absolute atomic E-state index is 5.56. The van der Waals surface area contributed by atoms with Crippen molar-refractivity contribution in [3.8, 4) is 45.2 Å². The molecule has 0 amide bonds. The van der Waals surface area contributed by atoms with E-state index in [1.165, 1.54) is 5.56 Å². The third-order valence-electron chi connectivity index (χ3n) is 5.56. The summed E-state index contributed by atoms with van der Waals surface area (Å²) in [6, 6.07) is 20.4. The summed E-state index contributed by atoms with van der Waals surface area (Å²) in [7, 11) is 0. The highest BCUT2D eigenvalue weighted by molar-refractivity contribution is 5.87. The smallest absolute Gasteiger partial charge is 0.170 e. The number of aromatic nitrogens is 5. The van der Waals surface area contributed by atoms with Gasteiger partial charge in [-0.05, 0) is 24.1 Å². The van der Waals surface area contributed by atoms with Crippen LogP contribution in [0.4, 0.5) is 0 Å². The highest BCUT2D eigenvalue weighted by Gasteiger charge is 2.30. The van der Waals surface area contributed by atoms with Crippen LogP contribution in [0.2, 0.25) is 0 Å². The molecule has 0 saturated carbocycles. The molecular weight excluding hydrogens is 374 g/mol. The average molecular weight is 391 g/mol. The monoisotopic (exact) mass is 391 g/mol. The number of pyridine rings is 1. The summed E-state index contributed by atoms with van der Waals surface area (Å²) in [6.07, 6.45) is 3.67. The van der Waals surface area contributed by atoms with Crippen LogP contribution < -0.4 is 0 Å². The third-order valence-corrected chi connectivity index (χ3v) is 5.56. The lowest BCUT2D eigenvalue weighted by Gasteiger charge is -2.06. The van der Waals surface area contributed by atoms with Crippen LogP contribution in [0.5, 0.6) is 0 Å². The lowest BCUT2D eigenvalue weighted by Crippen LogP contribution is -1.98. The van der Waals surface area contributed by atoms with E-state index in [0.717, 1.165) is 50.9 Å². The third kappa shape index (κ3) is 2.43. The van der Waals surface area contributed by atoms with Gasteiger partial charge in [0.05, 0.1) is 12.1 Å². The molecule has 6 heteroatoms. The maximum Gasteiger partial charge on any atom is 0.170 e. The Hall–Kier alpha value is -4.06. The Balaban J connectivity index is 1.53. The van der Waals surface area contributed by atoms with Crippen molar-refractivity contribution in [3.63, 3.8) is 0 Å². The molecule has 2 aromatic carbocycles. The van der Waals surface area contributed by atoms with Crippen LogP contribution in [-0.2, 0) is 6.54 Å². The Morgan fingerprint density at radius 1 is 0.833 bits per heavy atom. The number of hydrogen-bond acceptors (Lipinski definition) is 5. The first-order chi connectivity index (χ1) is 14.8. The standard InChI is InChI=1S/C24H17N5O/c1-15-20(22(28-30-15)16-7-3-2-4-8-16)23-26-27-24-21-18(14-29(23)24)9-5-11-19(21)17-10-6-12-25-13-17/h2-13H,14H2,1H3. The molecule has 0 spiro atoms. The second kappa shape index (κ2) is 6.49. The summed E-state index contributed by atoms with van der Waals surface area (Å²) < 4.78 is 7.71. The fraction of sp³-hybridized carbons (Fsp3) is 0.0833. The van der Waals surface area contributed by atoms with Crippen LogP contribution in [0.15, 0.2) is 77.6 Å². The van der Waals surface area contributed by atoms with Crippen molar-refractivity contribution in [1.82, 2.24) is 24.9 Å². The SMILES string of the molecule is Cc1onc(-c2ccccc2)c1-c1nnc2n1Cc1cccc(-c3cccnc3)c1-2. The topological polar surface area (TPSA) is 69.6 Å². The van der Waals surface area contributed by atoms with Gasteiger partial charge in [0.2, 0.25) is 0 Å². The molecule has 0 radical (unpaired) electrons. The van der Waals surface area contributed by atoms with Crippen molar-refractivity contribution in [2.24, 2.45) is 0 Å². The lowest BCUT2D eigenvalue weighted by molar-refractivity contribution is 0.400. The minimum atomic E-state index is 0.708. The van der Waals surface area contributed by atoms with Crippen molar-refractivity contribution < 1.29 is 4.52 Å². The molecule has 30 heavy (non-hydrogen) atoms. The average Bonchev–Trinajstić information content (AvgIpc) is 3.48. The number of fused-ring (bicyclic) bond motifs is 3. The van der Waals surface area contributed by atoms with E-state index in [2.05, 4.69) is 49.2 Å². The predicted molar refractivity (Wildman–Crippen MR) is 113 cm³/mol. The quantitative estimate of drug-likeness (QED) is 0.425. The second-order valence-corrected chi connectivity index (χ2v) is 7.34. The predicted octanol–water partition coefficient (Wildman–Crippen LogP) is 5.00. The zero-order valence-corrected chi connectivity index (χ0v) is 16.3. The Morgan fingerprint density at radius 3 is 2.43 bits per heavy atom. The van der Waals surface area contributed by atoms with Crippen LogP contribution in [0.25, 0.3) is 45.2 Å². The fourth-order valence-electron chi connectivity index (χ4n) is 4.18. The van der Waals surface area contributed by atoms with Gasteiger partial charge in [-0.2, -0.15) is 0 Å². The van der Waals surface area contributed by atoms with E-state index >= 15 is 0 Å². The van der Waals surface area contributed by atoms with E-state index in [4.69, 9.17) is 4.52 Å². The zero-order chi connectivity index (χ0) is 20.1. The van der Waals surface area contributed by atoms with E-state index in [0.29, 0.717) is 6.54 Å². The molecule has 0 aliphatic carbocycles. The van der Waals surface area contributed by atoms with Gasteiger partial charge in [0.25, 0.3) is 0 Å². The Bertz CT molecular complexity index is 1370. The molecule has 1 aliphatic heterocycles. The van der Waals surface area contributed by atoms with Crippen molar-refractivity contribution in [3.05, 3.63) is 84.4 Å². The largest absolute Gasteiger partial charge is 0.360 e. The molecule has 1 aliphatic rings. The van der Waals surface area contributed by atoms with Gasteiger partial charge in [0.15, 0.2) is 11.6 Å². The molecule has 4 heterocycles. The van der Waals surface area contributed by atoms with E-state index in [1.54, 1.807) is 6.20 Å². The molecule has 6 nitrogen and oxygen atoms in total. The van der Waals surface area contributed by atoms with Crippen LogP contribution in [0.3, 0.4) is 0 Å². The highest BCUT2D eigenvalue weighted by atomic mass is 16.5. The molecule has 5 aromatic rings. The van der Waals surface area contributed by atoms with Gasteiger partial charge in [0.1, 0.15) is 11.5 Å². The summed E-state index contributed by atoms with van der Waals surface area (Å²) in [5.41, 5.74) is 7.18. The van der Waals surface area contributed by atoms with Gasteiger partial charge in [-0.1, -0.05) is 59.8 Å². The first-order valence-corrected chi connectivity index (χ1v) is 9.79. The maximum atomic E-state index is 5.56. The van der Waals surface area contributed by atoms with Gasteiger partial charge in [0, 0.05) is 29.1 Å². The number of aryl methyl sites for hydroxylation is 1. The van der Waals surface area contributed by atoms with Crippen molar-refractivity contribution in [2.45, 2.75) is 13.5 Å².